The van der Waals surface area contributed by atoms with E-state index in [1.54, 1.807) is 67.4 Å². The normalized spacial score (nSPS) is 16.7. The molecule has 15 aromatic rings. The van der Waals surface area contributed by atoms with E-state index in [0.29, 0.717) is 102 Å². The Hall–Kier alpha value is -14.2. The number of nitrogens with one attached hydrogen (secondary N) is 4. The Morgan fingerprint density at radius 2 is 0.933 bits per heavy atom. The molecule has 5 aliphatic carbocycles. The van der Waals surface area contributed by atoms with Crippen LogP contribution in [0.4, 0.5) is 4.39 Å². The van der Waals surface area contributed by atoms with E-state index in [2.05, 4.69) is 88.2 Å². The van der Waals surface area contributed by atoms with Crippen LogP contribution in [-0.2, 0) is 36.8 Å². The van der Waals surface area contributed by atoms with Crippen LogP contribution >= 0.6 is 0 Å². The lowest BCUT2D eigenvalue weighted by Crippen LogP contribution is -2.50. The van der Waals surface area contributed by atoms with Gasteiger partial charge in [0.15, 0.2) is 46.0 Å². The highest BCUT2D eigenvalue weighted by Crippen LogP contribution is 2.55. The fraction of sp³-hybridized carbons (Fsp3) is 0.200. The smallest absolute Gasteiger partial charge is 0.298 e. The van der Waals surface area contributed by atoms with Crippen molar-refractivity contribution in [2.75, 3.05) is 39.5 Å². The van der Waals surface area contributed by atoms with Crippen molar-refractivity contribution in [3.8, 4) is 125 Å². The molecular formula is C95H82FN9O14. The summed E-state index contributed by atoms with van der Waals surface area (Å²) < 4.78 is 70.7. The van der Waals surface area contributed by atoms with Gasteiger partial charge < -0.3 is 47.4 Å². The first kappa shape index (κ1) is 77.4. The van der Waals surface area contributed by atoms with Crippen LogP contribution in [0.2, 0.25) is 0 Å². The van der Waals surface area contributed by atoms with Gasteiger partial charge in [0, 0.05) is 60.3 Å². The number of aromatic amines is 4. The molecule has 21 rings (SSSR count). The zero-order valence-electron chi connectivity index (χ0n) is 64.6. The van der Waals surface area contributed by atoms with Crippen molar-refractivity contribution in [2.45, 2.75) is 57.5 Å². The molecular weight excluding hydrogens is 1510 g/mol. The van der Waals surface area contributed by atoms with Gasteiger partial charge in [0.1, 0.15) is 29.1 Å². The van der Waals surface area contributed by atoms with Gasteiger partial charge in [-0.05, 0) is 237 Å². The van der Waals surface area contributed by atoms with Crippen LogP contribution in [0, 0.1) is 29.6 Å². The van der Waals surface area contributed by atoms with Crippen LogP contribution in [0.5, 0.6) is 69.0 Å². The molecule has 0 amide bonds. The number of rotatable bonds is 26. The van der Waals surface area contributed by atoms with Gasteiger partial charge in [0.2, 0.25) is 5.95 Å². The molecule has 5 heterocycles. The summed E-state index contributed by atoms with van der Waals surface area (Å²) in [4.78, 5) is 46.5. The number of hydrogen-bond donors (Lipinski definition) is 4. The molecule has 0 unspecified atom stereocenters. The van der Waals surface area contributed by atoms with E-state index in [0.717, 1.165) is 141 Å². The van der Waals surface area contributed by atoms with E-state index in [-0.39, 0.29) is 17.4 Å². The zero-order chi connectivity index (χ0) is 80.8. The number of aromatic nitrogens is 8. The Morgan fingerprint density at radius 3 is 1.53 bits per heavy atom. The first-order chi connectivity index (χ1) is 58.6. The number of ether oxygens (including phenoxy) is 10. The largest absolute Gasteiger partial charge is 0.494 e. The number of morpholine rings is 1. The molecule has 11 aromatic carbocycles. The van der Waals surface area contributed by atoms with Gasteiger partial charge in [-0.1, -0.05) is 115 Å². The predicted octanol–water partition coefficient (Wildman–Crippen LogP) is 19.5. The van der Waals surface area contributed by atoms with Crippen molar-refractivity contribution < 1.29 is 70.9 Å². The van der Waals surface area contributed by atoms with Crippen molar-refractivity contribution >= 4 is 58.2 Å². The van der Waals surface area contributed by atoms with E-state index in [9.17, 15) is 23.6 Å². The molecule has 0 atom stereocenters. The standard InChI is InChI=1S/C29H28FN3O5.C24H16N2O3.C22H16N2O3.C20H22N2O3/c30-29-26(19-31-32-29)23-7-10-27(28(18-23)37-20-34)38-25-4-1-3-22(17-25)21-5-8-24(9-6-21)36-14-2-11-33-12-15-35-16-13-33;27-15-28-24-11-16(18-13-25-26-14-18)9-10-22(24)29-23-12-17-5-1-2-6-19(17)20-7-3-4-8-21(20)23;25-13-26-21-10-15(18-11-23-24-12-18)6-7-20(21)27-19-8-16-3-1-2-14-4-5-17(9-19)22(14)16;23-11-24-19-8-14(17-9-21-22-10-17)1-2-18(19)25-20-15-4-12-3-13(6-15)7-16(20)5-12/h1,3-10,17-20H,2,11-16H2,(H,31,32);1-15H,(H,25,26);1-3,6-13H,4-5H2,(H,23,24);1-2,8-13,15-16,20H,3-7H2,(H,21,22). The summed E-state index contributed by atoms with van der Waals surface area (Å²) in [6.45, 7) is 6.85. The Kier molecular flexibility index (Phi) is 23.6. The monoisotopic (exact) mass is 1590 g/mol. The van der Waals surface area contributed by atoms with E-state index in [1.807, 2.05) is 128 Å². The molecule has 6 aliphatic rings. The molecule has 4 bridgehead atoms. The lowest BCUT2D eigenvalue weighted by molar-refractivity contribution is -0.121. The number of nitrogens with zero attached hydrogens (tertiary/aromatic N) is 5. The van der Waals surface area contributed by atoms with Crippen molar-refractivity contribution in [3.63, 3.8) is 0 Å². The molecule has 0 radical (unpaired) electrons. The quantitative estimate of drug-likeness (QED) is 0.0223. The van der Waals surface area contributed by atoms with Crippen LogP contribution in [0.1, 0.15) is 49.7 Å². The molecule has 4 N–H and O–H groups in total. The first-order valence-electron chi connectivity index (χ1n) is 39.6. The van der Waals surface area contributed by atoms with E-state index in [1.165, 1.54) is 66.3 Å². The number of aryl methyl sites for hydroxylation is 2. The lowest BCUT2D eigenvalue weighted by atomic mass is 9.55. The molecule has 598 valence electrons. The molecule has 4 saturated carbocycles. The molecule has 24 heteroatoms. The molecule has 23 nitrogen and oxygen atoms in total. The SMILES string of the molecule is O=COc1cc(-c2cn[nH]c2)ccc1OC1C2CC3CC(C2)CC1C3.O=COc1cc(-c2cn[nH]c2)ccc1Oc1cc2c3c(cccc3c1)CC2.O=COc1cc(-c2cn[nH]c2)ccc1Oc1cc2ccccc2c2ccccc12.O=COc1cc(-c2cn[nH]c2F)ccc1Oc1cccc(-c2ccc(OCCCN3CCOCC3)cc2)c1. The van der Waals surface area contributed by atoms with Gasteiger partial charge in [-0.2, -0.15) is 24.8 Å². The van der Waals surface area contributed by atoms with Gasteiger partial charge in [-0.15, -0.1) is 0 Å². The summed E-state index contributed by atoms with van der Waals surface area (Å²) in [5.41, 5.74) is 10.9. The predicted molar refractivity (Wildman–Crippen MR) is 447 cm³/mol. The van der Waals surface area contributed by atoms with Crippen molar-refractivity contribution in [2.24, 2.45) is 23.7 Å². The minimum atomic E-state index is -0.576. The first-order valence-corrected chi connectivity index (χ1v) is 39.6. The van der Waals surface area contributed by atoms with Gasteiger partial charge in [0.05, 0.1) is 50.2 Å². The number of carbonyl (C=O) groups is 4. The average molecular weight is 1590 g/mol. The second-order valence-electron chi connectivity index (χ2n) is 29.8. The summed E-state index contributed by atoms with van der Waals surface area (Å²) >= 11 is 0. The maximum absolute atomic E-state index is 13.9. The topological polar surface area (TPSA) is 279 Å². The van der Waals surface area contributed by atoms with Gasteiger partial charge in [-0.25, -0.2) is 0 Å². The van der Waals surface area contributed by atoms with Gasteiger partial charge in [-0.3, -0.25) is 44.5 Å². The van der Waals surface area contributed by atoms with E-state index >= 15 is 0 Å². The fourth-order valence-corrected chi connectivity index (χ4v) is 17.1. The van der Waals surface area contributed by atoms with Crippen LogP contribution < -0.4 is 42.6 Å². The minimum Gasteiger partial charge on any atom is -0.494 e. The van der Waals surface area contributed by atoms with E-state index in [4.69, 9.17) is 47.4 Å². The Morgan fingerprint density at radius 1 is 0.412 bits per heavy atom. The molecule has 1 aliphatic heterocycles. The maximum atomic E-state index is 13.9. The highest BCUT2D eigenvalue weighted by Gasteiger charge is 2.49. The molecule has 1 saturated heterocycles. The number of hydrogen-bond acceptors (Lipinski definition) is 19. The summed E-state index contributed by atoms with van der Waals surface area (Å²) in [5.74, 6) is 8.72. The summed E-state index contributed by atoms with van der Waals surface area (Å²) in [6.07, 6.45) is 21.8. The van der Waals surface area contributed by atoms with Crippen LogP contribution in [0.15, 0.2) is 250 Å². The number of H-pyrrole nitrogens is 4. The number of halogens is 1. The second kappa shape index (κ2) is 36.3. The molecule has 119 heavy (non-hydrogen) atoms. The maximum Gasteiger partial charge on any atom is 0.298 e. The second-order valence-corrected chi connectivity index (χ2v) is 29.8. The highest BCUT2D eigenvalue weighted by molar-refractivity contribution is 6.10. The lowest BCUT2D eigenvalue weighted by Gasteiger charge is -2.53. The summed E-state index contributed by atoms with van der Waals surface area (Å²) in [6, 6.07) is 65.8. The van der Waals surface area contributed by atoms with Gasteiger partial charge >= 0.3 is 0 Å². The van der Waals surface area contributed by atoms with Crippen LogP contribution in [0.25, 0.3) is 88.0 Å². The summed E-state index contributed by atoms with van der Waals surface area (Å²) in [7, 11) is 0. The van der Waals surface area contributed by atoms with Crippen LogP contribution in [-0.4, -0.2) is 117 Å². The number of benzene rings is 11. The van der Waals surface area contributed by atoms with Crippen molar-refractivity contribution in [1.82, 2.24) is 45.7 Å². The molecule has 0 spiro atoms. The number of carbonyl (C=O) groups excluding carboxylic acids is 4. The third-order valence-corrected chi connectivity index (χ3v) is 22.5. The van der Waals surface area contributed by atoms with Crippen LogP contribution in [0.3, 0.4) is 0 Å². The molecule has 4 aromatic heterocycles. The Bertz CT molecular complexity index is 6030. The minimum absolute atomic E-state index is 0.165. The van der Waals surface area contributed by atoms with Crippen molar-refractivity contribution in [3.05, 3.63) is 267 Å². The van der Waals surface area contributed by atoms with Crippen molar-refractivity contribution in [1.29, 1.82) is 0 Å². The summed E-state index contributed by atoms with van der Waals surface area (Å²) in [5, 5.41) is 33.0. The highest BCUT2D eigenvalue weighted by atomic mass is 19.1. The Balaban J connectivity index is 0.000000115. The Labute approximate surface area is 683 Å². The average Bonchev–Trinajstić information content (AvgIpc) is 1.43. The molecule has 5 fully saturated rings. The number of fused-ring (bicyclic) bond motifs is 3. The van der Waals surface area contributed by atoms with Gasteiger partial charge in [0.25, 0.3) is 25.9 Å². The van der Waals surface area contributed by atoms with E-state index < -0.39 is 5.95 Å². The fourth-order valence-electron chi connectivity index (χ4n) is 17.1. The zero-order valence-corrected chi connectivity index (χ0v) is 64.6. The third kappa shape index (κ3) is 17.9. The third-order valence-electron chi connectivity index (χ3n) is 22.5.